The van der Waals surface area contributed by atoms with Crippen LogP contribution in [0.4, 0.5) is 0 Å². The van der Waals surface area contributed by atoms with Crippen molar-refractivity contribution in [2.75, 3.05) is 14.2 Å². The van der Waals surface area contributed by atoms with Crippen LogP contribution in [0.3, 0.4) is 0 Å². The predicted octanol–water partition coefficient (Wildman–Crippen LogP) is 3.19. The number of ether oxygens (including phenoxy) is 2. The second-order valence-electron chi connectivity index (χ2n) is 8.02. The van der Waals surface area contributed by atoms with Gasteiger partial charge in [0.2, 0.25) is 5.91 Å². The number of hydrogen-bond acceptors (Lipinski definition) is 7. The lowest BCUT2D eigenvalue weighted by atomic mass is 10.0. The summed E-state index contributed by atoms with van der Waals surface area (Å²) in [5.41, 5.74) is 1.55. The van der Waals surface area contributed by atoms with Gasteiger partial charge in [0.15, 0.2) is 0 Å². The summed E-state index contributed by atoms with van der Waals surface area (Å²) >= 11 is 1.49. The third-order valence-electron chi connectivity index (χ3n) is 5.81. The minimum atomic E-state index is -0.520. The first kappa shape index (κ1) is 23.5. The monoisotopic (exact) mass is 481 g/mol. The molecule has 178 valence electrons. The number of benzene rings is 1. The van der Waals surface area contributed by atoms with Gasteiger partial charge in [0.25, 0.3) is 5.56 Å². The summed E-state index contributed by atoms with van der Waals surface area (Å²) in [7, 11) is 5.02. The minimum absolute atomic E-state index is 0.153. The summed E-state index contributed by atoms with van der Waals surface area (Å²) in [6, 6.07) is 4.94. The van der Waals surface area contributed by atoms with Crippen molar-refractivity contribution >= 4 is 27.5 Å². The summed E-state index contributed by atoms with van der Waals surface area (Å²) in [6.07, 6.45) is 3.96. The van der Waals surface area contributed by atoms with Crippen LogP contribution in [-0.2, 0) is 18.3 Å². The first-order chi connectivity index (χ1) is 16.3. The predicted molar refractivity (Wildman–Crippen MR) is 131 cm³/mol. The molecule has 10 heteroatoms. The van der Waals surface area contributed by atoms with E-state index in [2.05, 4.69) is 20.3 Å². The van der Waals surface area contributed by atoms with E-state index in [1.165, 1.54) is 11.3 Å². The molecule has 0 aliphatic rings. The number of H-pyrrole nitrogens is 1. The average molecular weight is 482 g/mol. The van der Waals surface area contributed by atoms with E-state index in [9.17, 15) is 9.59 Å². The van der Waals surface area contributed by atoms with Gasteiger partial charge in [-0.25, -0.2) is 9.97 Å². The molecule has 1 atom stereocenters. The quantitative estimate of drug-likeness (QED) is 0.400. The van der Waals surface area contributed by atoms with Crippen LogP contribution < -0.4 is 20.3 Å². The van der Waals surface area contributed by atoms with E-state index < -0.39 is 6.04 Å². The molecule has 0 radical (unpaired) electrons. The number of fused-ring (bicyclic) bond motifs is 1. The number of amides is 1. The van der Waals surface area contributed by atoms with Crippen LogP contribution in [0, 0.1) is 13.8 Å². The standard InChI is InChI=1S/C24H27N5O4S/c1-13-14(2)34-24-20(13)23(31)26-18(27-24)6-7-19(30)28-21(22-25-8-9-29(22)3)15-10-16(32-4)12-17(11-15)33-5/h8-12,21H,6-7H2,1-5H3,(H,28,30)(H,26,27,31). The molecule has 34 heavy (non-hydrogen) atoms. The number of nitrogens with zero attached hydrogens (tertiary/aromatic N) is 3. The normalized spacial score (nSPS) is 12.0. The van der Waals surface area contributed by atoms with Gasteiger partial charge in [-0.1, -0.05) is 0 Å². The van der Waals surface area contributed by atoms with Crippen LogP contribution in [0.1, 0.15) is 40.1 Å². The molecule has 4 rings (SSSR count). The van der Waals surface area contributed by atoms with Gasteiger partial charge in [-0.3, -0.25) is 9.59 Å². The number of nitrogens with one attached hydrogen (secondary N) is 2. The number of carbonyl (C=O) groups is 1. The molecule has 0 aliphatic carbocycles. The van der Waals surface area contributed by atoms with Crippen molar-refractivity contribution in [1.82, 2.24) is 24.8 Å². The Morgan fingerprint density at radius 2 is 1.91 bits per heavy atom. The molecule has 0 fully saturated rings. The number of carbonyl (C=O) groups excluding carboxylic acids is 1. The van der Waals surface area contributed by atoms with Crippen molar-refractivity contribution in [2.45, 2.75) is 32.7 Å². The highest BCUT2D eigenvalue weighted by atomic mass is 32.1. The first-order valence-electron chi connectivity index (χ1n) is 10.8. The van der Waals surface area contributed by atoms with Gasteiger partial charge in [0.05, 0.1) is 19.6 Å². The highest BCUT2D eigenvalue weighted by molar-refractivity contribution is 7.18. The highest BCUT2D eigenvalue weighted by Gasteiger charge is 2.23. The molecular formula is C24H27N5O4S. The fourth-order valence-corrected chi connectivity index (χ4v) is 4.88. The van der Waals surface area contributed by atoms with Gasteiger partial charge in [-0.05, 0) is 37.1 Å². The number of thiophene rings is 1. The molecule has 3 heterocycles. The number of aromatic nitrogens is 4. The van der Waals surface area contributed by atoms with Crippen LogP contribution in [0.25, 0.3) is 10.2 Å². The Morgan fingerprint density at radius 1 is 1.21 bits per heavy atom. The van der Waals surface area contributed by atoms with Crippen LogP contribution in [-0.4, -0.2) is 39.6 Å². The van der Waals surface area contributed by atoms with Gasteiger partial charge in [0, 0.05) is 43.2 Å². The molecule has 1 amide bonds. The van der Waals surface area contributed by atoms with Crippen molar-refractivity contribution in [1.29, 1.82) is 0 Å². The summed E-state index contributed by atoms with van der Waals surface area (Å²) in [4.78, 5) is 39.1. The number of aryl methyl sites for hydroxylation is 4. The van der Waals surface area contributed by atoms with E-state index in [1.54, 1.807) is 26.5 Å². The Kier molecular flexibility index (Phi) is 6.69. The molecule has 0 spiro atoms. The number of aromatic amines is 1. The summed E-state index contributed by atoms with van der Waals surface area (Å²) in [6.45, 7) is 3.89. The lowest BCUT2D eigenvalue weighted by molar-refractivity contribution is -0.121. The molecule has 0 bridgehead atoms. The number of imidazole rings is 1. The lowest BCUT2D eigenvalue weighted by Crippen LogP contribution is -2.31. The number of hydrogen-bond donors (Lipinski definition) is 2. The molecular weight excluding hydrogens is 454 g/mol. The topological polar surface area (TPSA) is 111 Å². The van der Waals surface area contributed by atoms with Gasteiger partial charge in [0.1, 0.15) is 34.0 Å². The fraction of sp³-hybridized carbons (Fsp3) is 0.333. The Labute approximate surface area is 200 Å². The smallest absolute Gasteiger partial charge is 0.259 e. The van der Waals surface area contributed by atoms with Gasteiger partial charge < -0.3 is 24.3 Å². The first-order valence-corrected chi connectivity index (χ1v) is 11.6. The van der Waals surface area contributed by atoms with Crippen LogP contribution in [0.2, 0.25) is 0 Å². The van der Waals surface area contributed by atoms with Gasteiger partial charge >= 0.3 is 0 Å². The van der Waals surface area contributed by atoms with Crippen molar-refractivity contribution in [3.05, 3.63) is 68.6 Å². The molecule has 4 aromatic rings. The second kappa shape index (κ2) is 9.68. The fourth-order valence-electron chi connectivity index (χ4n) is 3.83. The van der Waals surface area contributed by atoms with Gasteiger partial charge in [-0.2, -0.15) is 0 Å². The zero-order chi connectivity index (χ0) is 24.4. The zero-order valence-corrected chi connectivity index (χ0v) is 20.6. The second-order valence-corrected chi connectivity index (χ2v) is 9.22. The molecule has 1 unspecified atom stereocenters. The Bertz CT molecular complexity index is 1380. The molecule has 2 N–H and O–H groups in total. The van der Waals surface area contributed by atoms with Crippen molar-refractivity contribution in [3.63, 3.8) is 0 Å². The molecule has 1 aromatic carbocycles. The van der Waals surface area contributed by atoms with Crippen LogP contribution in [0.5, 0.6) is 11.5 Å². The molecule has 0 aliphatic heterocycles. The highest BCUT2D eigenvalue weighted by Crippen LogP contribution is 2.30. The van der Waals surface area contributed by atoms with Gasteiger partial charge in [-0.15, -0.1) is 11.3 Å². The van der Waals surface area contributed by atoms with E-state index >= 15 is 0 Å². The Morgan fingerprint density at radius 3 is 2.53 bits per heavy atom. The maximum absolute atomic E-state index is 13.0. The largest absolute Gasteiger partial charge is 0.497 e. The SMILES string of the molecule is COc1cc(OC)cc(C(NC(=O)CCc2nc3sc(C)c(C)c3c(=O)[nH]2)c2nccn2C)c1. The maximum atomic E-state index is 13.0. The van der Waals surface area contributed by atoms with Crippen LogP contribution >= 0.6 is 11.3 Å². The van der Waals surface area contributed by atoms with Crippen molar-refractivity contribution in [3.8, 4) is 11.5 Å². The zero-order valence-electron chi connectivity index (χ0n) is 19.8. The Balaban J connectivity index is 1.57. The van der Waals surface area contributed by atoms with E-state index in [0.717, 1.165) is 16.0 Å². The van der Waals surface area contributed by atoms with Crippen molar-refractivity contribution < 1.29 is 14.3 Å². The summed E-state index contributed by atoms with van der Waals surface area (Å²) in [5.74, 6) is 2.18. The van der Waals surface area contributed by atoms with E-state index in [1.807, 2.05) is 43.8 Å². The average Bonchev–Trinajstić information content (AvgIpc) is 3.37. The van der Waals surface area contributed by atoms with E-state index in [4.69, 9.17) is 9.47 Å². The lowest BCUT2D eigenvalue weighted by Gasteiger charge is -2.20. The maximum Gasteiger partial charge on any atom is 0.259 e. The van der Waals surface area contributed by atoms with Crippen LogP contribution in [0.15, 0.2) is 35.4 Å². The third kappa shape index (κ3) is 4.67. The van der Waals surface area contributed by atoms with Crippen molar-refractivity contribution in [2.24, 2.45) is 7.05 Å². The summed E-state index contributed by atoms with van der Waals surface area (Å²) in [5, 5.41) is 3.69. The molecule has 3 aromatic heterocycles. The number of rotatable bonds is 8. The molecule has 0 saturated heterocycles. The minimum Gasteiger partial charge on any atom is -0.497 e. The third-order valence-corrected chi connectivity index (χ3v) is 6.91. The molecule has 9 nitrogen and oxygen atoms in total. The Hall–Kier alpha value is -3.66. The molecule has 0 saturated carbocycles. The number of methoxy groups -OCH3 is 2. The van der Waals surface area contributed by atoms with E-state index in [-0.39, 0.29) is 17.9 Å². The summed E-state index contributed by atoms with van der Waals surface area (Å²) < 4.78 is 12.7. The van der Waals surface area contributed by atoms with E-state index in [0.29, 0.717) is 39.8 Å².